The molecule has 0 saturated heterocycles. The Labute approximate surface area is 108 Å². The molecule has 0 aromatic carbocycles. The predicted molar refractivity (Wildman–Crippen MR) is 76.4 cm³/mol. The maximum Gasteiger partial charge on any atom is 0.00419 e. The van der Waals surface area contributed by atoms with Crippen LogP contribution < -0.4 is 5.32 Å². The normalized spacial score (nSPS) is 18.5. The van der Waals surface area contributed by atoms with Crippen molar-refractivity contribution < 1.29 is 0 Å². The van der Waals surface area contributed by atoms with Crippen LogP contribution in [0.2, 0.25) is 0 Å². The summed E-state index contributed by atoms with van der Waals surface area (Å²) in [7, 11) is 2.29. The van der Waals surface area contributed by atoms with Crippen molar-refractivity contribution in [3.63, 3.8) is 0 Å². The zero-order chi connectivity index (χ0) is 12.9. The Kier molecular flexibility index (Phi) is 5.94. The number of nitrogens with zero attached hydrogens (tertiary/aromatic N) is 1. The molecule has 0 aliphatic heterocycles. The Morgan fingerprint density at radius 3 is 2.35 bits per heavy atom. The van der Waals surface area contributed by atoms with Gasteiger partial charge in [0.1, 0.15) is 0 Å². The van der Waals surface area contributed by atoms with Crippen LogP contribution in [0.1, 0.15) is 53.4 Å². The third-order valence-corrected chi connectivity index (χ3v) is 3.73. The van der Waals surface area contributed by atoms with Crippen LogP contribution >= 0.6 is 0 Å². The van der Waals surface area contributed by atoms with E-state index in [0.717, 1.165) is 12.5 Å². The lowest BCUT2D eigenvalue weighted by atomic mass is 9.92. The van der Waals surface area contributed by atoms with E-state index in [1.165, 1.54) is 38.8 Å². The minimum Gasteiger partial charge on any atom is -0.314 e. The molecule has 0 aromatic rings. The van der Waals surface area contributed by atoms with Crippen LogP contribution in [0.5, 0.6) is 0 Å². The standard InChI is InChI=1S/C15H32N2/c1-13(2)16-11-15(3,4)12-17(5)10-14-8-6-7-9-14/h13-14,16H,6-12H2,1-5H3. The lowest BCUT2D eigenvalue weighted by molar-refractivity contribution is 0.180. The minimum atomic E-state index is 0.373. The fourth-order valence-corrected chi connectivity index (χ4v) is 2.97. The SMILES string of the molecule is CC(C)NCC(C)(C)CN(C)CC1CCCC1. The van der Waals surface area contributed by atoms with E-state index in [-0.39, 0.29) is 0 Å². The van der Waals surface area contributed by atoms with Crippen molar-refractivity contribution in [1.82, 2.24) is 10.2 Å². The Balaban J connectivity index is 2.24. The molecular weight excluding hydrogens is 208 g/mol. The highest BCUT2D eigenvalue weighted by molar-refractivity contribution is 4.78. The first kappa shape index (κ1) is 15.0. The van der Waals surface area contributed by atoms with Gasteiger partial charge in [0, 0.05) is 25.7 Å². The molecule has 17 heavy (non-hydrogen) atoms. The average Bonchev–Trinajstić information content (AvgIpc) is 2.66. The molecule has 0 amide bonds. The number of rotatable bonds is 7. The molecule has 0 spiro atoms. The molecular formula is C15H32N2. The van der Waals surface area contributed by atoms with Crippen LogP contribution in [-0.2, 0) is 0 Å². The minimum absolute atomic E-state index is 0.373. The molecule has 1 N–H and O–H groups in total. The van der Waals surface area contributed by atoms with Gasteiger partial charge in [-0.25, -0.2) is 0 Å². The highest BCUT2D eigenvalue weighted by Crippen LogP contribution is 2.26. The molecule has 1 aliphatic rings. The Bertz CT molecular complexity index is 205. The zero-order valence-electron chi connectivity index (χ0n) is 12.6. The lowest BCUT2D eigenvalue weighted by Crippen LogP contribution is -2.42. The third-order valence-electron chi connectivity index (χ3n) is 3.73. The number of nitrogens with one attached hydrogen (secondary N) is 1. The number of hydrogen-bond acceptors (Lipinski definition) is 2. The molecule has 1 fully saturated rings. The van der Waals surface area contributed by atoms with Crippen molar-refractivity contribution in [2.45, 2.75) is 59.4 Å². The summed E-state index contributed by atoms with van der Waals surface area (Å²) in [6, 6.07) is 0.592. The summed E-state index contributed by atoms with van der Waals surface area (Å²) in [6.45, 7) is 12.8. The maximum atomic E-state index is 3.56. The molecule has 0 bridgehead atoms. The van der Waals surface area contributed by atoms with E-state index >= 15 is 0 Å². The molecule has 0 aromatic heterocycles. The van der Waals surface area contributed by atoms with Crippen molar-refractivity contribution in [2.24, 2.45) is 11.3 Å². The first-order chi connectivity index (χ1) is 7.89. The second kappa shape index (κ2) is 6.75. The molecule has 1 aliphatic carbocycles. The molecule has 0 atom stereocenters. The fourth-order valence-electron chi connectivity index (χ4n) is 2.97. The summed E-state index contributed by atoms with van der Waals surface area (Å²) in [4.78, 5) is 2.54. The highest BCUT2D eigenvalue weighted by atomic mass is 15.1. The lowest BCUT2D eigenvalue weighted by Gasteiger charge is -2.32. The van der Waals surface area contributed by atoms with Gasteiger partial charge >= 0.3 is 0 Å². The van der Waals surface area contributed by atoms with E-state index < -0.39 is 0 Å². The first-order valence-electron chi connectivity index (χ1n) is 7.31. The summed E-state index contributed by atoms with van der Waals surface area (Å²) in [5.41, 5.74) is 0.373. The average molecular weight is 240 g/mol. The molecule has 0 unspecified atom stereocenters. The second-order valence-electron chi connectivity index (χ2n) is 7.05. The van der Waals surface area contributed by atoms with Crippen molar-refractivity contribution in [3.05, 3.63) is 0 Å². The van der Waals surface area contributed by atoms with Gasteiger partial charge in [0.25, 0.3) is 0 Å². The van der Waals surface area contributed by atoms with E-state index in [2.05, 4.69) is 45.0 Å². The van der Waals surface area contributed by atoms with Gasteiger partial charge in [0.15, 0.2) is 0 Å². The molecule has 102 valence electrons. The van der Waals surface area contributed by atoms with Crippen LogP contribution in [0.3, 0.4) is 0 Å². The van der Waals surface area contributed by atoms with E-state index in [4.69, 9.17) is 0 Å². The Hall–Kier alpha value is -0.0800. The molecule has 1 rings (SSSR count). The summed E-state index contributed by atoms with van der Waals surface area (Å²) in [5.74, 6) is 0.967. The van der Waals surface area contributed by atoms with Crippen LogP contribution in [0.25, 0.3) is 0 Å². The van der Waals surface area contributed by atoms with Gasteiger partial charge in [0.05, 0.1) is 0 Å². The van der Waals surface area contributed by atoms with Crippen LogP contribution in [0.15, 0.2) is 0 Å². The third kappa shape index (κ3) is 6.42. The zero-order valence-corrected chi connectivity index (χ0v) is 12.6. The Morgan fingerprint density at radius 1 is 1.24 bits per heavy atom. The van der Waals surface area contributed by atoms with Crippen molar-refractivity contribution in [2.75, 3.05) is 26.7 Å². The molecule has 0 heterocycles. The van der Waals surface area contributed by atoms with E-state index in [9.17, 15) is 0 Å². The Morgan fingerprint density at radius 2 is 1.82 bits per heavy atom. The molecule has 0 radical (unpaired) electrons. The van der Waals surface area contributed by atoms with E-state index in [1.807, 2.05) is 0 Å². The van der Waals surface area contributed by atoms with Gasteiger partial charge in [-0.15, -0.1) is 0 Å². The molecule has 2 nitrogen and oxygen atoms in total. The summed E-state index contributed by atoms with van der Waals surface area (Å²) in [5, 5.41) is 3.56. The fraction of sp³-hybridized carbons (Fsp3) is 1.00. The second-order valence-corrected chi connectivity index (χ2v) is 7.05. The predicted octanol–water partition coefficient (Wildman–Crippen LogP) is 3.13. The quantitative estimate of drug-likeness (QED) is 0.735. The number of hydrogen-bond donors (Lipinski definition) is 1. The van der Waals surface area contributed by atoms with Crippen molar-refractivity contribution in [1.29, 1.82) is 0 Å². The summed E-state index contributed by atoms with van der Waals surface area (Å²) in [6.07, 6.45) is 5.82. The van der Waals surface area contributed by atoms with E-state index in [0.29, 0.717) is 11.5 Å². The van der Waals surface area contributed by atoms with Gasteiger partial charge in [-0.05, 0) is 31.2 Å². The van der Waals surface area contributed by atoms with Gasteiger partial charge in [-0.3, -0.25) is 0 Å². The van der Waals surface area contributed by atoms with Crippen LogP contribution in [0, 0.1) is 11.3 Å². The molecule has 1 saturated carbocycles. The monoisotopic (exact) mass is 240 g/mol. The topological polar surface area (TPSA) is 15.3 Å². The van der Waals surface area contributed by atoms with Gasteiger partial charge < -0.3 is 10.2 Å². The molecule has 2 heteroatoms. The van der Waals surface area contributed by atoms with E-state index in [1.54, 1.807) is 0 Å². The van der Waals surface area contributed by atoms with Gasteiger partial charge in [-0.2, -0.15) is 0 Å². The smallest absolute Gasteiger partial charge is 0.00419 e. The van der Waals surface area contributed by atoms with Crippen molar-refractivity contribution >= 4 is 0 Å². The largest absolute Gasteiger partial charge is 0.314 e. The van der Waals surface area contributed by atoms with Crippen molar-refractivity contribution in [3.8, 4) is 0 Å². The van der Waals surface area contributed by atoms with Gasteiger partial charge in [0.2, 0.25) is 0 Å². The summed E-state index contributed by atoms with van der Waals surface area (Å²) >= 11 is 0. The van der Waals surface area contributed by atoms with Crippen LogP contribution in [-0.4, -0.2) is 37.6 Å². The maximum absolute atomic E-state index is 3.56. The van der Waals surface area contributed by atoms with Gasteiger partial charge in [-0.1, -0.05) is 40.5 Å². The first-order valence-corrected chi connectivity index (χ1v) is 7.31. The summed E-state index contributed by atoms with van der Waals surface area (Å²) < 4.78 is 0. The highest BCUT2D eigenvalue weighted by Gasteiger charge is 2.23. The van der Waals surface area contributed by atoms with Crippen LogP contribution in [0.4, 0.5) is 0 Å².